The van der Waals surface area contributed by atoms with Crippen molar-refractivity contribution < 1.29 is 48.0 Å². The van der Waals surface area contributed by atoms with Crippen molar-refractivity contribution in [2.75, 3.05) is 0 Å². The van der Waals surface area contributed by atoms with Crippen LogP contribution in [-0.4, -0.2) is 17.5 Å². The molecule has 0 aromatic carbocycles. The van der Waals surface area contributed by atoms with Crippen LogP contribution < -0.4 is 0 Å². The van der Waals surface area contributed by atoms with Crippen molar-refractivity contribution in [3.63, 3.8) is 0 Å². The van der Waals surface area contributed by atoms with E-state index in [-0.39, 0.29) is 30.5 Å². The summed E-state index contributed by atoms with van der Waals surface area (Å²) >= 11 is 0. The molecule has 0 aromatic rings. The predicted molar refractivity (Wildman–Crippen MR) is 15.7 cm³/mol. The second-order valence-corrected chi connectivity index (χ2v) is 1.28. The molecule has 4 nitrogen and oxygen atoms in total. The van der Waals surface area contributed by atoms with Gasteiger partial charge in [0.05, 0.1) is 0 Å². The van der Waals surface area contributed by atoms with Crippen molar-refractivity contribution in [2.45, 2.75) is 0 Å². The van der Waals surface area contributed by atoms with E-state index >= 15 is 0 Å². The van der Waals surface area contributed by atoms with E-state index in [0.29, 0.717) is 0 Å². The van der Waals surface area contributed by atoms with Crippen molar-refractivity contribution in [2.24, 2.45) is 0 Å². The molecule has 38 valence electrons. The maximum absolute atomic E-state index is 8.63. The van der Waals surface area contributed by atoms with Crippen molar-refractivity contribution in [1.82, 2.24) is 0 Å². The molecule has 6 heteroatoms. The Hall–Kier alpha value is 0.753. The normalized spacial score (nSPS) is 9.67. The molecule has 0 fully saturated rings. The smallest absolute Gasteiger partial charge is 1.00 e. The zero-order chi connectivity index (χ0) is 4.50. The van der Waals surface area contributed by atoms with E-state index in [1.807, 2.05) is 0 Å². The van der Waals surface area contributed by atoms with E-state index < -0.39 is 10.4 Å². The van der Waals surface area contributed by atoms with Gasteiger partial charge in [-0.05, 0) is 0 Å². The molecule has 0 amide bonds. The van der Waals surface area contributed by atoms with Crippen LogP contribution in [0.25, 0.3) is 0 Å². The van der Waals surface area contributed by atoms with Crippen LogP contribution in [0, 0.1) is 0 Å². The van der Waals surface area contributed by atoms with Gasteiger partial charge in [0.15, 0.2) is 0 Å². The van der Waals surface area contributed by atoms with Crippen LogP contribution in [0.2, 0.25) is 0 Å². The summed E-state index contributed by atoms with van der Waals surface area (Å²) in [5.41, 5.74) is 0. The summed E-state index contributed by atoms with van der Waals surface area (Å²) in [4.78, 5) is 0. The molecular formula is H4O4SZr. The number of hydrogen-bond donors (Lipinski definition) is 1. The average Bonchev–Trinajstić information content (AvgIpc) is 0.722. The van der Waals surface area contributed by atoms with Gasteiger partial charge in [-0.1, -0.05) is 0 Å². The fraction of sp³-hybridized carbons (Fsp3) is 0. The number of hydrogen-bond acceptors (Lipinski definition) is 3. The van der Waals surface area contributed by atoms with Gasteiger partial charge in [0.2, 0.25) is 10.4 Å². The molecule has 0 saturated carbocycles. The first kappa shape index (κ1) is 9.89. The minimum atomic E-state index is -4.92. The Morgan fingerprint density at radius 3 is 1.67 bits per heavy atom. The molecule has 0 aliphatic carbocycles. The summed E-state index contributed by atoms with van der Waals surface area (Å²) in [5, 5.41) is 0. The fourth-order valence-corrected chi connectivity index (χ4v) is 0. The Morgan fingerprint density at radius 1 is 1.67 bits per heavy atom. The SMILES string of the molecule is O=S(=O)([O-])O.[H-].[H-].[H-].[Zr+4]. The second kappa shape index (κ2) is 2.85. The van der Waals surface area contributed by atoms with Crippen LogP contribution in [-0.2, 0) is 36.6 Å². The molecule has 0 unspecified atom stereocenters. The largest absolute Gasteiger partial charge is 4.00 e. The third-order valence-corrected chi connectivity index (χ3v) is 0. The molecule has 0 spiro atoms. The summed E-state index contributed by atoms with van der Waals surface area (Å²) in [6.45, 7) is 0. The zero-order valence-corrected chi connectivity index (χ0v) is 5.85. The molecule has 1 N–H and O–H groups in total. The molecule has 0 rings (SSSR count). The Labute approximate surface area is 58.7 Å². The van der Waals surface area contributed by atoms with E-state index in [4.69, 9.17) is 17.5 Å². The molecule has 0 aliphatic rings. The van der Waals surface area contributed by atoms with Gasteiger partial charge in [-0.15, -0.1) is 0 Å². The first-order chi connectivity index (χ1) is 2.00. The standard InChI is InChI=1S/H2O4S.Zr.3H/c1-5(2,3)4;;;;/h(H2,1,2,3,4);;;;/q;+4;3*-1/p-1. The minimum Gasteiger partial charge on any atom is -1.00 e. The Kier molecular flexibility index (Phi) is 4.70. The van der Waals surface area contributed by atoms with Gasteiger partial charge in [-0.2, -0.15) is 0 Å². The summed E-state index contributed by atoms with van der Waals surface area (Å²) < 4.78 is 32.8. The molecule has 0 heterocycles. The maximum atomic E-state index is 8.63. The fourth-order valence-electron chi connectivity index (χ4n) is 0. The van der Waals surface area contributed by atoms with Crippen LogP contribution in [0.5, 0.6) is 0 Å². The molecule has 0 aromatic heterocycles. The molecule has 0 radical (unpaired) electrons. The molecule has 0 aliphatic heterocycles. The van der Waals surface area contributed by atoms with E-state index in [0.717, 1.165) is 0 Å². The Bertz CT molecular complexity index is 99.0. The van der Waals surface area contributed by atoms with Gasteiger partial charge in [0, 0.05) is 0 Å². The molecule has 0 saturated heterocycles. The topological polar surface area (TPSA) is 77.4 Å². The van der Waals surface area contributed by atoms with Gasteiger partial charge in [-0.25, -0.2) is 8.42 Å². The van der Waals surface area contributed by atoms with E-state index in [1.54, 1.807) is 0 Å². The first-order valence-corrected chi connectivity index (χ1v) is 2.05. The zero-order valence-electron chi connectivity index (χ0n) is 5.58. The van der Waals surface area contributed by atoms with Gasteiger partial charge < -0.3 is 8.83 Å². The van der Waals surface area contributed by atoms with Crippen molar-refractivity contribution in [3.05, 3.63) is 0 Å². The average molecular weight is 191 g/mol. The first-order valence-electron chi connectivity index (χ1n) is 0.683. The summed E-state index contributed by atoms with van der Waals surface area (Å²) in [7, 11) is -4.92. The van der Waals surface area contributed by atoms with Crippen LogP contribution >= 0.6 is 0 Å². The minimum absolute atomic E-state index is 0. The van der Waals surface area contributed by atoms with Gasteiger partial charge in [0.1, 0.15) is 0 Å². The molecular weight excluding hydrogens is 187 g/mol. The van der Waals surface area contributed by atoms with Gasteiger partial charge >= 0.3 is 26.2 Å². The Morgan fingerprint density at radius 2 is 1.67 bits per heavy atom. The predicted octanol–water partition coefficient (Wildman–Crippen LogP) is -0.660. The monoisotopic (exact) mass is 190 g/mol. The third-order valence-electron chi connectivity index (χ3n) is 0. The van der Waals surface area contributed by atoms with Crippen LogP contribution in [0.4, 0.5) is 0 Å². The maximum Gasteiger partial charge on any atom is 4.00 e. The number of rotatable bonds is 0. The van der Waals surface area contributed by atoms with Crippen LogP contribution in [0.1, 0.15) is 4.28 Å². The molecule has 6 heavy (non-hydrogen) atoms. The van der Waals surface area contributed by atoms with Crippen molar-refractivity contribution in [1.29, 1.82) is 0 Å². The summed E-state index contributed by atoms with van der Waals surface area (Å²) in [5.74, 6) is 0. The van der Waals surface area contributed by atoms with E-state index in [1.165, 1.54) is 0 Å². The van der Waals surface area contributed by atoms with Crippen molar-refractivity contribution >= 4 is 10.4 Å². The second-order valence-electron chi connectivity index (χ2n) is 0.428. The van der Waals surface area contributed by atoms with Crippen LogP contribution in [0.15, 0.2) is 0 Å². The van der Waals surface area contributed by atoms with Crippen LogP contribution in [0.3, 0.4) is 0 Å². The quantitative estimate of drug-likeness (QED) is 0.407. The van der Waals surface area contributed by atoms with Gasteiger partial charge in [0.25, 0.3) is 0 Å². The summed E-state index contributed by atoms with van der Waals surface area (Å²) in [6, 6.07) is 0. The molecule has 0 atom stereocenters. The molecule has 0 bridgehead atoms. The summed E-state index contributed by atoms with van der Waals surface area (Å²) in [6.07, 6.45) is 0. The van der Waals surface area contributed by atoms with Gasteiger partial charge in [-0.3, -0.25) is 4.55 Å². The third kappa shape index (κ3) is 118. The van der Waals surface area contributed by atoms with E-state index in [9.17, 15) is 0 Å². The Balaban J connectivity index is -0.0000000133. The van der Waals surface area contributed by atoms with Crippen molar-refractivity contribution in [3.8, 4) is 0 Å². The van der Waals surface area contributed by atoms with E-state index in [2.05, 4.69) is 0 Å².